The van der Waals surface area contributed by atoms with E-state index in [0.29, 0.717) is 25.1 Å². The molecule has 100 valence electrons. The normalized spacial score (nSPS) is 10.3. The highest BCUT2D eigenvalue weighted by Crippen LogP contribution is 2.20. The van der Waals surface area contributed by atoms with Crippen molar-refractivity contribution in [2.24, 2.45) is 0 Å². The maximum absolute atomic E-state index is 11.5. The van der Waals surface area contributed by atoms with Gasteiger partial charge >= 0.3 is 5.97 Å². The van der Waals surface area contributed by atoms with Gasteiger partial charge in [-0.1, -0.05) is 5.16 Å². The summed E-state index contributed by atoms with van der Waals surface area (Å²) in [5.74, 6) is -1.01. The van der Waals surface area contributed by atoms with Crippen LogP contribution in [0.4, 0.5) is 0 Å². The van der Waals surface area contributed by atoms with Crippen molar-refractivity contribution in [3.63, 3.8) is 0 Å². The van der Waals surface area contributed by atoms with Crippen LogP contribution in [0.2, 0.25) is 5.22 Å². The van der Waals surface area contributed by atoms with E-state index < -0.39 is 5.97 Å². The molecule has 0 saturated carbocycles. The second-order valence-corrected chi connectivity index (χ2v) is 4.21. The van der Waals surface area contributed by atoms with Crippen molar-refractivity contribution in [1.82, 2.24) is 10.5 Å². The Hall–Kier alpha value is -1.56. The second-order valence-electron chi connectivity index (χ2n) is 3.87. The van der Waals surface area contributed by atoms with E-state index in [-0.39, 0.29) is 24.0 Å². The third-order valence-electron chi connectivity index (χ3n) is 2.43. The number of amides is 1. The number of aromatic nitrogens is 1. The Morgan fingerprint density at radius 2 is 2.17 bits per heavy atom. The molecule has 0 bridgehead atoms. The Bertz CT molecular complexity index is 411. The van der Waals surface area contributed by atoms with E-state index in [9.17, 15) is 9.59 Å². The van der Waals surface area contributed by atoms with Crippen molar-refractivity contribution in [3.8, 4) is 0 Å². The standard InChI is InChI=1S/C11H15ClN2O4/c1-7-8(11(12)18-14-7)4-5-9(15)13-6-2-3-10(16)17/h2-6H2,1H3,(H,13,15)(H,16,17). The Labute approximate surface area is 109 Å². The van der Waals surface area contributed by atoms with E-state index in [1.807, 2.05) is 0 Å². The van der Waals surface area contributed by atoms with Crippen molar-refractivity contribution in [1.29, 1.82) is 0 Å². The predicted molar refractivity (Wildman–Crippen MR) is 64.5 cm³/mol. The first-order chi connectivity index (χ1) is 8.50. The van der Waals surface area contributed by atoms with Crippen LogP contribution in [0.1, 0.15) is 30.5 Å². The van der Waals surface area contributed by atoms with Gasteiger partial charge in [-0.05, 0) is 31.4 Å². The van der Waals surface area contributed by atoms with Gasteiger partial charge in [0.25, 0.3) is 0 Å². The van der Waals surface area contributed by atoms with Crippen molar-refractivity contribution in [2.45, 2.75) is 32.6 Å². The molecule has 0 aromatic carbocycles. The lowest BCUT2D eigenvalue weighted by atomic mass is 10.1. The average Bonchev–Trinajstić information content (AvgIpc) is 2.62. The topological polar surface area (TPSA) is 92.4 Å². The Morgan fingerprint density at radius 1 is 1.44 bits per heavy atom. The van der Waals surface area contributed by atoms with Gasteiger partial charge in [-0.3, -0.25) is 9.59 Å². The number of nitrogens with one attached hydrogen (secondary N) is 1. The first kappa shape index (κ1) is 14.5. The smallest absolute Gasteiger partial charge is 0.303 e. The maximum Gasteiger partial charge on any atom is 0.303 e. The molecule has 0 unspecified atom stereocenters. The zero-order valence-corrected chi connectivity index (χ0v) is 10.8. The van der Waals surface area contributed by atoms with Gasteiger partial charge < -0.3 is 14.9 Å². The molecule has 18 heavy (non-hydrogen) atoms. The Morgan fingerprint density at radius 3 is 2.72 bits per heavy atom. The first-order valence-electron chi connectivity index (χ1n) is 5.60. The highest BCUT2D eigenvalue weighted by molar-refractivity contribution is 6.29. The lowest BCUT2D eigenvalue weighted by molar-refractivity contribution is -0.137. The molecule has 0 fully saturated rings. The van der Waals surface area contributed by atoms with Gasteiger partial charge in [-0.15, -0.1) is 0 Å². The van der Waals surface area contributed by atoms with E-state index in [1.165, 1.54) is 0 Å². The number of rotatable bonds is 7. The molecule has 0 aliphatic carbocycles. The highest BCUT2D eigenvalue weighted by atomic mass is 35.5. The Kier molecular flexibility index (Phi) is 5.64. The number of aryl methyl sites for hydroxylation is 1. The molecule has 0 atom stereocenters. The number of halogens is 1. The monoisotopic (exact) mass is 274 g/mol. The van der Waals surface area contributed by atoms with Gasteiger partial charge in [0.1, 0.15) is 0 Å². The van der Waals surface area contributed by atoms with E-state index in [2.05, 4.69) is 10.5 Å². The van der Waals surface area contributed by atoms with Crippen LogP contribution in [0.25, 0.3) is 0 Å². The van der Waals surface area contributed by atoms with Crippen LogP contribution < -0.4 is 5.32 Å². The fourth-order valence-corrected chi connectivity index (χ4v) is 1.70. The SMILES string of the molecule is Cc1noc(Cl)c1CCC(=O)NCCCC(=O)O. The molecule has 6 nitrogen and oxygen atoms in total. The number of hydrogen-bond donors (Lipinski definition) is 2. The molecule has 1 amide bonds. The number of carbonyl (C=O) groups is 2. The summed E-state index contributed by atoms with van der Waals surface area (Å²) in [5, 5.41) is 15.0. The van der Waals surface area contributed by atoms with Crippen LogP contribution in [0.3, 0.4) is 0 Å². The van der Waals surface area contributed by atoms with Gasteiger partial charge in [0.15, 0.2) is 0 Å². The van der Waals surface area contributed by atoms with Gasteiger partial charge in [-0.25, -0.2) is 0 Å². The molecule has 1 aromatic heterocycles. The number of carboxylic acids is 1. The average molecular weight is 275 g/mol. The lowest BCUT2D eigenvalue weighted by Crippen LogP contribution is -2.25. The molecule has 0 saturated heterocycles. The van der Waals surface area contributed by atoms with Crippen LogP contribution in [-0.4, -0.2) is 28.7 Å². The van der Waals surface area contributed by atoms with Crippen LogP contribution in [0, 0.1) is 6.92 Å². The fraction of sp³-hybridized carbons (Fsp3) is 0.545. The van der Waals surface area contributed by atoms with E-state index in [0.717, 1.165) is 5.56 Å². The number of nitrogens with zero attached hydrogens (tertiary/aromatic N) is 1. The molecule has 7 heteroatoms. The molecule has 1 rings (SSSR count). The minimum atomic E-state index is -0.865. The number of carbonyl (C=O) groups excluding carboxylic acids is 1. The first-order valence-corrected chi connectivity index (χ1v) is 5.97. The van der Waals surface area contributed by atoms with Gasteiger partial charge in [-0.2, -0.15) is 0 Å². The minimum absolute atomic E-state index is 0.0524. The summed E-state index contributed by atoms with van der Waals surface area (Å²) < 4.78 is 4.77. The molecule has 0 aliphatic heterocycles. The number of carboxylic acid groups (broad SMARTS) is 1. The molecule has 2 N–H and O–H groups in total. The molecule has 1 heterocycles. The molecule has 1 aromatic rings. The molecule has 0 spiro atoms. The molecule has 0 aliphatic rings. The summed E-state index contributed by atoms with van der Waals surface area (Å²) in [6.07, 6.45) is 1.21. The minimum Gasteiger partial charge on any atom is -0.481 e. The number of aliphatic carboxylic acids is 1. The lowest BCUT2D eigenvalue weighted by Gasteiger charge is -2.03. The van der Waals surface area contributed by atoms with Crippen molar-refractivity contribution < 1.29 is 19.2 Å². The number of hydrogen-bond acceptors (Lipinski definition) is 4. The summed E-state index contributed by atoms with van der Waals surface area (Å²) in [4.78, 5) is 21.7. The van der Waals surface area contributed by atoms with Crippen molar-refractivity contribution in [3.05, 3.63) is 16.5 Å². The third kappa shape index (κ3) is 4.75. The van der Waals surface area contributed by atoms with E-state index in [4.69, 9.17) is 21.2 Å². The van der Waals surface area contributed by atoms with Crippen LogP contribution >= 0.6 is 11.6 Å². The zero-order chi connectivity index (χ0) is 13.5. The van der Waals surface area contributed by atoms with Crippen LogP contribution in [-0.2, 0) is 16.0 Å². The zero-order valence-electron chi connectivity index (χ0n) is 10.0. The highest BCUT2D eigenvalue weighted by Gasteiger charge is 2.12. The summed E-state index contributed by atoms with van der Waals surface area (Å²) in [5.41, 5.74) is 1.41. The summed E-state index contributed by atoms with van der Waals surface area (Å²) in [6.45, 7) is 2.12. The second kappa shape index (κ2) is 7.00. The molecular formula is C11H15ClN2O4. The molecular weight excluding hydrogens is 260 g/mol. The largest absolute Gasteiger partial charge is 0.481 e. The van der Waals surface area contributed by atoms with Crippen LogP contribution in [0.5, 0.6) is 0 Å². The predicted octanol–water partition coefficient (Wildman–Crippen LogP) is 1.55. The van der Waals surface area contributed by atoms with Gasteiger partial charge in [0, 0.05) is 24.9 Å². The Balaban J connectivity index is 2.23. The third-order valence-corrected chi connectivity index (χ3v) is 2.73. The fourth-order valence-electron chi connectivity index (χ4n) is 1.43. The van der Waals surface area contributed by atoms with Gasteiger partial charge in [0.2, 0.25) is 11.1 Å². The van der Waals surface area contributed by atoms with Crippen LogP contribution in [0.15, 0.2) is 4.52 Å². The molecule has 0 radical (unpaired) electrons. The quantitative estimate of drug-likeness (QED) is 0.736. The maximum atomic E-state index is 11.5. The van der Waals surface area contributed by atoms with E-state index >= 15 is 0 Å². The summed E-state index contributed by atoms with van der Waals surface area (Å²) >= 11 is 5.76. The van der Waals surface area contributed by atoms with E-state index in [1.54, 1.807) is 6.92 Å². The van der Waals surface area contributed by atoms with Crippen molar-refractivity contribution in [2.75, 3.05) is 6.54 Å². The van der Waals surface area contributed by atoms with Gasteiger partial charge in [0.05, 0.1) is 5.69 Å². The summed E-state index contributed by atoms with van der Waals surface area (Å²) in [6, 6.07) is 0. The summed E-state index contributed by atoms with van der Waals surface area (Å²) in [7, 11) is 0. The van der Waals surface area contributed by atoms with Crippen molar-refractivity contribution >= 4 is 23.5 Å².